The normalized spacial score (nSPS) is 14.0. The molecule has 0 aliphatic heterocycles. The Hall–Kier alpha value is -0.550. The molecule has 0 rings (SSSR count). The lowest BCUT2D eigenvalue weighted by molar-refractivity contribution is -0.227. The van der Waals surface area contributed by atoms with Crippen LogP contribution in [0.15, 0.2) is 0 Å². The first-order chi connectivity index (χ1) is 5.44. The van der Waals surface area contributed by atoms with E-state index in [-0.39, 0.29) is 5.48 Å². The molecule has 0 fully saturated rings. The van der Waals surface area contributed by atoms with Crippen LogP contribution in [-0.4, -0.2) is 36.0 Å². The van der Waals surface area contributed by atoms with Crippen LogP contribution in [0.1, 0.15) is 0 Å². The van der Waals surface area contributed by atoms with E-state index in [1.807, 2.05) is 0 Å². The van der Waals surface area contributed by atoms with E-state index >= 15 is 0 Å². The molecule has 0 radical (unpaired) electrons. The first kappa shape index (κ1) is 15.9. The second kappa shape index (κ2) is 3.90. The molecule has 0 spiro atoms. The summed E-state index contributed by atoms with van der Waals surface area (Å²) < 4.78 is 96.5. The molecule has 0 aromatic carbocycles. The Bertz CT molecular complexity index is 283. The molecule has 0 amide bonds. The maximum absolute atomic E-state index is 11.9. The molecule has 0 aromatic heterocycles. The average Bonchev–Trinajstić information content (AvgIpc) is 1.84. The van der Waals surface area contributed by atoms with Gasteiger partial charge in [-0.1, -0.05) is 0 Å². The van der Waals surface area contributed by atoms with Crippen LogP contribution in [-0.2, 0) is 10.1 Å². The van der Waals surface area contributed by atoms with Gasteiger partial charge in [-0.05, 0) is 0 Å². The third kappa shape index (κ3) is 2.27. The molecule has 0 bridgehead atoms. The van der Waals surface area contributed by atoms with E-state index in [2.05, 4.69) is 0 Å². The van der Waals surface area contributed by atoms with Gasteiger partial charge in [-0.3, -0.25) is 4.55 Å². The predicted octanol–water partition coefficient (Wildman–Crippen LogP) is 0.543. The lowest BCUT2D eigenvalue weighted by Crippen LogP contribution is -2.51. The van der Waals surface area contributed by atoms with Gasteiger partial charge in [0.15, 0.2) is 0 Å². The highest BCUT2D eigenvalue weighted by Crippen LogP contribution is 2.42. The van der Waals surface area contributed by atoms with Crippen LogP contribution in [0, 0.1) is 0 Å². The van der Waals surface area contributed by atoms with E-state index in [9.17, 15) is 34.8 Å². The summed E-state index contributed by atoms with van der Waals surface area (Å²) in [6.07, 6.45) is -4.90. The maximum Gasteiger partial charge on any atom is 0.437 e. The van der Waals surface area contributed by atoms with E-state index in [1.54, 1.807) is 0 Å². The summed E-state index contributed by atoms with van der Waals surface area (Å²) in [4.78, 5) is 0. The van der Waals surface area contributed by atoms with Gasteiger partial charge in [0, 0.05) is 0 Å². The number of rotatable bonds is 3. The lowest BCUT2D eigenvalue weighted by atomic mass is 10.4. The molecular formula is C3H4F6O4S. The van der Waals surface area contributed by atoms with Crippen LogP contribution in [0.4, 0.5) is 26.3 Å². The molecule has 0 saturated heterocycles. The Morgan fingerprint density at radius 3 is 1.43 bits per heavy atom. The monoisotopic (exact) mass is 250 g/mol. The van der Waals surface area contributed by atoms with Crippen molar-refractivity contribution >= 4 is 10.1 Å². The summed E-state index contributed by atoms with van der Waals surface area (Å²) in [5.41, 5.74) is 0. The van der Waals surface area contributed by atoms with Crippen molar-refractivity contribution in [3.05, 3.63) is 0 Å². The van der Waals surface area contributed by atoms with Crippen LogP contribution in [0.5, 0.6) is 0 Å². The van der Waals surface area contributed by atoms with Crippen molar-refractivity contribution in [2.75, 3.05) is 0 Å². The van der Waals surface area contributed by atoms with E-state index in [0.717, 1.165) is 0 Å². The number of hydrogen-bond donors (Lipinski definition) is 1. The van der Waals surface area contributed by atoms with Gasteiger partial charge in [-0.25, -0.2) is 8.78 Å². The number of hydrogen-bond acceptors (Lipinski definition) is 2. The zero-order valence-corrected chi connectivity index (χ0v) is 6.83. The van der Waals surface area contributed by atoms with Gasteiger partial charge in [0.25, 0.3) is 0 Å². The van der Waals surface area contributed by atoms with Crippen molar-refractivity contribution in [3.63, 3.8) is 0 Å². The lowest BCUT2D eigenvalue weighted by Gasteiger charge is -2.22. The molecule has 14 heavy (non-hydrogen) atoms. The van der Waals surface area contributed by atoms with Crippen LogP contribution < -0.4 is 0 Å². The Morgan fingerprint density at radius 2 is 1.36 bits per heavy atom. The molecule has 0 aliphatic rings. The maximum atomic E-state index is 11.9. The minimum Gasteiger partial charge on any atom is -0.412 e. The summed E-state index contributed by atoms with van der Waals surface area (Å²) >= 11 is 0. The summed E-state index contributed by atoms with van der Waals surface area (Å²) in [6, 6.07) is 0. The molecule has 0 aliphatic carbocycles. The van der Waals surface area contributed by atoms with Gasteiger partial charge in [0.2, 0.25) is 0 Å². The molecule has 3 N–H and O–H groups in total. The third-order valence-corrected chi connectivity index (χ3v) is 1.91. The number of halogens is 6. The first-order valence-corrected chi connectivity index (χ1v) is 3.89. The summed E-state index contributed by atoms with van der Waals surface area (Å²) in [5.74, 6) is -6.12. The zero-order valence-electron chi connectivity index (χ0n) is 6.02. The van der Waals surface area contributed by atoms with Crippen LogP contribution in [0.25, 0.3) is 0 Å². The van der Waals surface area contributed by atoms with Crippen molar-refractivity contribution in [1.82, 2.24) is 0 Å². The van der Waals surface area contributed by atoms with Crippen LogP contribution >= 0.6 is 0 Å². The topological polar surface area (TPSA) is 85.9 Å². The SMILES string of the molecule is O.O=S(=O)(O)C(F)(F)C(F)(F)C(F)F. The predicted molar refractivity (Wildman–Crippen MR) is 31.1 cm³/mol. The fraction of sp³-hybridized carbons (Fsp3) is 1.00. The van der Waals surface area contributed by atoms with E-state index in [1.165, 1.54) is 0 Å². The minimum atomic E-state index is -6.57. The van der Waals surface area contributed by atoms with E-state index in [4.69, 9.17) is 4.55 Å². The fourth-order valence-corrected chi connectivity index (χ4v) is 0.732. The molecule has 0 heterocycles. The molecule has 4 nitrogen and oxygen atoms in total. The third-order valence-electron chi connectivity index (χ3n) is 0.986. The Morgan fingerprint density at radius 1 is 1.07 bits per heavy atom. The molecule has 88 valence electrons. The summed E-state index contributed by atoms with van der Waals surface area (Å²) in [5, 5.41) is -6.20. The smallest absolute Gasteiger partial charge is 0.412 e. The van der Waals surface area contributed by atoms with Crippen molar-refractivity contribution in [2.45, 2.75) is 17.6 Å². The van der Waals surface area contributed by atoms with Gasteiger partial charge in [-0.15, -0.1) is 0 Å². The number of alkyl halides is 6. The highest BCUT2D eigenvalue weighted by molar-refractivity contribution is 7.87. The van der Waals surface area contributed by atoms with Gasteiger partial charge in [0.1, 0.15) is 0 Å². The highest BCUT2D eigenvalue weighted by Gasteiger charge is 2.70. The first-order valence-electron chi connectivity index (χ1n) is 2.45. The molecule has 0 saturated carbocycles. The quantitative estimate of drug-likeness (QED) is 0.586. The van der Waals surface area contributed by atoms with Crippen molar-refractivity contribution in [2.24, 2.45) is 0 Å². The molecule has 0 atom stereocenters. The standard InChI is InChI=1S/C3H2F6O3S.H2O/c4-1(5)2(6,7)3(8,9)13(10,11)12;/h1H,(H,10,11,12);1H2. The molecule has 0 aromatic rings. The summed E-state index contributed by atoms with van der Waals surface area (Å²) in [6.45, 7) is 0. The second-order valence-electron chi connectivity index (χ2n) is 1.92. The molecule has 11 heteroatoms. The highest BCUT2D eigenvalue weighted by atomic mass is 32.2. The summed E-state index contributed by atoms with van der Waals surface area (Å²) in [7, 11) is -6.57. The Balaban J connectivity index is 0. The Kier molecular flexibility index (Phi) is 4.43. The molecular weight excluding hydrogens is 246 g/mol. The van der Waals surface area contributed by atoms with Crippen LogP contribution in [0.2, 0.25) is 0 Å². The van der Waals surface area contributed by atoms with Crippen molar-refractivity contribution in [1.29, 1.82) is 0 Å². The zero-order chi connectivity index (χ0) is 11.1. The molecule has 0 unspecified atom stereocenters. The fourth-order valence-electron chi connectivity index (χ4n) is 0.299. The average molecular weight is 250 g/mol. The van der Waals surface area contributed by atoms with Crippen molar-refractivity contribution in [3.8, 4) is 0 Å². The van der Waals surface area contributed by atoms with Gasteiger partial charge in [0.05, 0.1) is 0 Å². The van der Waals surface area contributed by atoms with E-state index < -0.39 is 27.7 Å². The van der Waals surface area contributed by atoms with Crippen LogP contribution in [0.3, 0.4) is 0 Å². The van der Waals surface area contributed by atoms with Gasteiger partial charge < -0.3 is 5.48 Å². The minimum absolute atomic E-state index is 0. The second-order valence-corrected chi connectivity index (χ2v) is 3.38. The van der Waals surface area contributed by atoms with Crippen molar-refractivity contribution < 1.29 is 44.8 Å². The Labute approximate surface area is 73.6 Å². The largest absolute Gasteiger partial charge is 0.437 e. The van der Waals surface area contributed by atoms with Gasteiger partial charge >= 0.3 is 27.7 Å². The van der Waals surface area contributed by atoms with Gasteiger partial charge in [-0.2, -0.15) is 26.0 Å². The van der Waals surface area contributed by atoms with E-state index in [0.29, 0.717) is 0 Å².